The number of piperazine rings is 1. The first-order valence-electron chi connectivity index (χ1n) is 10.6. The molecule has 4 heterocycles. The number of guanidine groups is 1. The van der Waals surface area contributed by atoms with E-state index in [0.29, 0.717) is 6.54 Å². The monoisotopic (exact) mass is 558 g/mol. The molecule has 0 bridgehead atoms. The van der Waals surface area contributed by atoms with Crippen LogP contribution in [0, 0.1) is 0 Å². The standard InChI is InChI=1S/C20H30N8OS.HI/c1-3-17-24-20(30-25-17)28-9-7-27(8-10-28)19(21-2)23-15-16-5-4-6-22-18(16)26-11-13-29-14-12-26;/h4-6H,3,7-15H2,1-2H3,(H,21,23);1H. The molecule has 9 nitrogen and oxygen atoms in total. The SMILES string of the molecule is CCc1nsc(N2CCN(C(=NC)NCc3cccnc3N3CCOCC3)CC2)n1.I. The van der Waals surface area contributed by atoms with Crippen LogP contribution in [0.1, 0.15) is 18.3 Å². The Bertz CT molecular complexity index is 849. The first-order chi connectivity index (χ1) is 14.8. The van der Waals surface area contributed by atoms with Gasteiger partial charge in [0.1, 0.15) is 11.6 Å². The van der Waals surface area contributed by atoms with Crippen LogP contribution in [0.15, 0.2) is 23.3 Å². The molecule has 2 fully saturated rings. The van der Waals surface area contributed by atoms with Crippen molar-refractivity contribution < 1.29 is 4.74 Å². The van der Waals surface area contributed by atoms with Gasteiger partial charge in [0.2, 0.25) is 5.13 Å². The van der Waals surface area contributed by atoms with Crippen LogP contribution < -0.4 is 15.1 Å². The van der Waals surface area contributed by atoms with Crippen molar-refractivity contribution in [1.82, 2.24) is 24.6 Å². The highest BCUT2D eigenvalue weighted by atomic mass is 127. The van der Waals surface area contributed by atoms with Crippen LogP contribution in [0.4, 0.5) is 10.9 Å². The zero-order valence-corrected chi connectivity index (χ0v) is 21.3. The molecule has 0 atom stereocenters. The average Bonchev–Trinajstić information content (AvgIpc) is 3.30. The fourth-order valence-corrected chi connectivity index (χ4v) is 4.56. The molecule has 2 aromatic rings. The molecule has 0 amide bonds. The summed E-state index contributed by atoms with van der Waals surface area (Å²) in [5, 5.41) is 4.56. The maximum atomic E-state index is 5.48. The van der Waals surface area contributed by atoms with E-state index in [2.05, 4.69) is 52.3 Å². The van der Waals surface area contributed by atoms with Gasteiger partial charge in [0, 0.05) is 82.6 Å². The smallest absolute Gasteiger partial charge is 0.205 e. The average molecular weight is 558 g/mol. The van der Waals surface area contributed by atoms with Gasteiger partial charge in [0.15, 0.2) is 5.96 Å². The minimum atomic E-state index is 0. The van der Waals surface area contributed by atoms with Crippen molar-refractivity contribution in [2.24, 2.45) is 4.99 Å². The maximum Gasteiger partial charge on any atom is 0.205 e. The molecule has 1 N–H and O–H groups in total. The lowest BCUT2D eigenvalue weighted by atomic mass is 10.2. The summed E-state index contributed by atoms with van der Waals surface area (Å²) in [4.78, 5) is 20.7. The topological polar surface area (TPSA) is 82.0 Å². The van der Waals surface area contributed by atoms with E-state index in [9.17, 15) is 0 Å². The number of hydrogen-bond acceptors (Lipinski definition) is 8. The molecule has 2 aliphatic rings. The van der Waals surface area contributed by atoms with Gasteiger partial charge in [-0.1, -0.05) is 13.0 Å². The van der Waals surface area contributed by atoms with Crippen LogP contribution in [-0.2, 0) is 17.7 Å². The molecule has 31 heavy (non-hydrogen) atoms. The zero-order valence-electron chi connectivity index (χ0n) is 18.2. The summed E-state index contributed by atoms with van der Waals surface area (Å²) in [5.74, 6) is 2.90. The first kappa shape index (κ1) is 23.9. The predicted octanol–water partition coefficient (Wildman–Crippen LogP) is 1.85. The van der Waals surface area contributed by atoms with Crippen LogP contribution in [0.5, 0.6) is 0 Å². The third-order valence-corrected chi connectivity index (χ3v) is 6.27. The van der Waals surface area contributed by atoms with Gasteiger partial charge in [-0.15, -0.1) is 24.0 Å². The Kier molecular flexibility index (Phi) is 9.08. The molecule has 4 rings (SSSR count). The fourth-order valence-electron chi connectivity index (χ4n) is 3.76. The van der Waals surface area contributed by atoms with E-state index in [1.807, 2.05) is 19.3 Å². The van der Waals surface area contributed by atoms with Crippen molar-refractivity contribution in [3.8, 4) is 0 Å². The first-order valence-corrected chi connectivity index (χ1v) is 11.4. The highest BCUT2D eigenvalue weighted by molar-refractivity contribution is 14.0. The van der Waals surface area contributed by atoms with E-state index < -0.39 is 0 Å². The van der Waals surface area contributed by atoms with Gasteiger partial charge in [-0.2, -0.15) is 4.37 Å². The molecule has 2 saturated heterocycles. The molecular formula is C20H31IN8OS. The molecular weight excluding hydrogens is 527 g/mol. The Morgan fingerprint density at radius 2 is 1.94 bits per heavy atom. The fraction of sp³-hybridized carbons (Fsp3) is 0.600. The highest BCUT2D eigenvalue weighted by Crippen LogP contribution is 2.20. The summed E-state index contributed by atoms with van der Waals surface area (Å²) in [7, 11) is 1.85. The van der Waals surface area contributed by atoms with Crippen molar-refractivity contribution in [1.29, 1.82) is 0 Å². The summed E-state index contributed by atoms with van der Waals surface area (Å²) >= 11 is 1.50. The minimum Gasteiger partial charge on any atom is -0.378 e. The van der Waals surface area contributed by atoms with Gasteiger partial charge in [-0.05, 0) is 6.07 Å². The number of aromatic nitrogens is 3. The molecule has 170 valence electrons. The molecule has 0 aliphatic carbocycles. The lowest BCUT2D eigenvalue weighted by Gasteiger charge is -2.36. The molecule has 2 aliphatic heterocycles. The second-order valence-electron chi connectivity index (χ2n) is 7.31. The second-order valence-corrected chi connectivity index (χ2v) is 8.04. The number of nitrogens with one attached hydrogen (secondary N) is 1. The van der Waals surface area contributed by atoms with Crippen LogP contribution in [-0.4, -0.2) is 84.7 Å². The van der Waals surface area contributed by atoms with Crippen molar-refractivity contribution in [3.63, 3.8) is 0 Å². The number of morpholine rings is 1. The van der Waals surface area contributed by atoms with E-state index in [0.717, 1.165) is 81.6 Å². The van der Waals surface area contributed by atoms with Crippen molar-refractivity contribution in [2.45, 2.75) is 19.9 Å². The number of aliphatic imine (C=N–C) groups is 1. The van der Waals surface area contributed by atoms with Crippen molar-refractivity contribution in [3.05, 3.63) is 29.7 Å². The van der Waals surface area contributed by atoms with E-state index in [4.69, 9.17) is 4.74 Å². The Labute approximate surface area is 205 Å². The number of pyridine rings is 1. The molecule has 0 unspecified atom stereocenters. The number of anilines is 2. The van der Waals surface area contributed by atoms with Gasteiger partial charge in [0.05, 0.1) is 13.2 Å². The molecule has 0 radical (unpaired) electrons. The van der Waals surface area contributed by atoms with E-state index >= 15 is 0 Å². The summed E-state index contributed by atoms with van der Waals surface area (Å²) in [6.45, 7) is 9.71. The number of aryl methyl sites for hydroxylation is 1. The quantitative estimate of drug-likeness (QED) is 0.339. The van der Waals surface area contributed by atoms with Gasteiger partial charge in [-0.25, -0.2) is 9.97 Å². The highest BCUT2D eigenvalue weighted by Gasteiger charge is 2.22. The molecule has 0 aromatic carbocycles. The molecule has 0 saturated carbocycles. The Hall–Kier alpha value is -1.73. The Morgan fingerprint density at radius 3 is 2.61 bits per heavy atom. The van der Waals surface area contributed by atoms with Gasteiger partial charge < -0.3 is 24.8 Å². The lowest BCUT2D eigenvalue weighted by Crippen LogP contribution is -2.52. The normalized spacial score (nSPS) is 17.5. The zero-order chi connectivity index (χ0) is 20.8. The number of ether oxygens (including phenoxy) is 1. The van der Waals surface area contributed by atoms with Crippen LogP contribution in [0.3, 0.4) is 0 Å². The summed E-state index contributed by atoms with van der Waals surface area (Å²) in [6.07, 6.45) is 2.74. The van der Waals surface area contributed by atoms with Gasteiger partial charge >= 0.3 is 0 Å². The van der Waals surface area contributed by atoms with Gasteiger partial charge in [-0.3, -0.25) is 4.99 Å². The lowest BCUT2D eigenvalue weighted by molar-refractivity contribution is 0.122. The van der Waals surface area contributed by atoms with Crippen molar-refractivity contribution >= 4 is 52.4 Å². The van der Waals surface area contributed by atoms with E-state index in [1.54, 1.807) is 0 Å². The van der Waals surface area contributed by atoms with Crippen LogP contribution >= 0.6 is 35.5 Å². The summed E-state index contributed by atoms with van der Waals surface area (Å²) in [6, 6.07) is 4.13. The van der Waals surface area contributed by atoms with E-state index in [1.165, 1.54) is 17.1 Å². The van der Waals surface area contributed by atoms with Gasteiger partial charge in [0.25, 0.3) is 0 Å². The number of rotatable bonds is 5. The number of halogens is 1. The van der Waals surface area contributed by atoms with Crippen LogP contribution in [0.25, 0.3) is 0 Å². The third kappa shape index (κ3) is 5.95. The number of hydrogen-bond donors (Lipinski definition) is 1. The third-order valence-electron chi connectivity index (χ3n) is 5.45. The van der Waals surface area contributed by atoms with Crippen LogP contribution in [0.2, 0.25) is 0 Å². The summed E-state index contributed by atoms with van der Waals surface area (Å²) in [5.41, 5.74) is 1.18. The predicted molar refractivity (Wildman–Crippen MR) is 136 cm³/mol. The summed E-state index contributed by atoms with van der Waals surface area (Å²) < 4.78 is 9.89. The molecule has 0 spiro atoms. The molecule has 2 aromatic heterocycles. The van der Waals surface area contributed by atoms with Crippen molar-refractivity contribution in [2.75, 3.05) is 69.3 Å². The number of nitrogens with zero attached hydrogens (tertiary/aromatic N) is 7. The van der Waals surface area contributed by atoms with E-state index in [-0.39, 0.29) is 24.0 Å². The molecule has 11 heteroatoms. The second kappa shape index (κ2) is 11.8. The largest absolute Gasteiger partial charge is 0.378 e. The Balaban J connectivity index is 0.00000272. The minimum absolute atomic E-state index is 0. The Morgan fingerprint density at radius 1 is 1.16 bits per heavy atom. The maximum absolute atomic E-state index is 5.48.